The van der Waals surface area contributed by atoms with E-state index in [1.807, 2.05) is 25.1 Å². The average Bonchev–Trinajstić information content (AvgIpc) is 2.91. The highest BCUT2D eigenvalue weighted by molar-refractivity contribution is 7.89. The Hall–Kier alpha value is -2.19. The lowest BCUT2D eigenvalue weighted by molar-refractivity contribution is -0.116. The molecule has 0 saturated carbocycles. The molecule has 7 nitrogen and oxygen atoms in total. The topological polar surface area (TPSA) is 92.5 Å². The largest absolute Gasteiger partial charge is 0.360 e. The number of aromatic nitrogens is 1. The molecule has 0 aliphatic rings. The third-order valence-corrected chi connectivity index (χ3v) is 6.11. The highest BCUT2D eigenvalue weighted by Crippen LogP contribution is 2.31. The van der Waals surface area contributed by atoms with E-state index in [-0.39, 0.29) is 35.6 Å². The maximum absolute atomic E-state index is 12.6. The Bertz CT molecular complexity index is 913. The van der Waals surface area contributed by atoms with Crippen LogP contribution in [-0.4, -0.2) is 32.6 Å². The minimum Gasteiger partial charge on any atom is -0.360 e. The zero-order valence-corrected chi connectivity index (χ0v) is 17.5. The summed E-state index contributed by atoms with van der Waals surface area (Å²) in [7, 11) is -3.76. The number of aryl methyl sites for hydroxylation is 3. The van der Waals surface area contributed by atoms with Gasteiger partial charge in [-0.3, -0.25) is 4.79 Å². The second-order valence-corrected chi connectivity index (χ2v) is 8.59. The van der Waals surface area contributed by atoms with Crippen LogP contribution >= 0.6 is 0 Å². The number of carbonyl (C=O) groups excluding carboxylic acids is 1. The number of benzene rings is 1. The third kappa shape index (κ3) is 4.56. The highest BCUT2D eigenvalue weighted by atomic mass is 32.2. The molecule has 27 heavy (non-hydrogen) atoms. The van der Waals surface area contributed by atoms with Crippen molar-refractivity contribution in [1.29, 1.82) is 0 Å². The Kier molecular flexibility index (Phi) is 6.43. The van der Waals surface area contributed by atoms with Crippen molar-refractivity contribution in [3.63, 3.8) is 0 Å². The summed E-state index contributed by atoms with van der Waals surface area (Å²) in [5.41, 5.74) is 3.18. The summed E-state index contributed by atoms with van der Waals surface area (Å²) in [6.45, 7) is 11.0. The molecule has 0 aliphatic heterocycles. The van der Waals surface area contributed by atoms with Crippen molar-refractivity contribution < 1.29 is 17.7 Å². The lowest BCUT2D eigenvalue weighted by Gasteiger charge is -2.27. The molecule has 148 valence electrons. The summed E-state index contributed by atoms with van der Waals surface area (Å²) >= 11 is 0. The molecule has 0 saturated heterocycles. The monoisotopic (exact) mass is 393 g/mol. The number of nitrogens with one attached hydrogen (secondary N) is 1. The van der Waals surface area contributed by atoms with Gasteiger partial charge in [0.05, 0.1) is 5.69 Å². The zero-order chi connectivity index (χ0) is 20.4. The second-order valence-electron chi connectivity index (χ2n) is 6.89. The van der Waals surface area contributed by atoms with Crippen LogP contribution in [0.4, 0.5) is 5.69 Å². The molecule has 1 N–H and O–H groups in total. The molecule has 1 aromatic carbocycles. The van der Waals surface area contributed by atoms with Crippen LogP contribution in [0.3, 0.4) is 0 Å². The summed E-state index contributed by atoms with van der Waals surface area (Å²) in [5, 5.41) is 3.69. The number of hydrogen-bond donors (Lipinski definition) is 1. The molecule has 1 amide bonds. The Morgan fingerprint density at radius 3 is 2.44 bits per heavy atom. The molecular formula is C19H27N3O4S. The van der Waals surface area contributed by atoms with E-state index in [0.717, 1.165) is 16.8 Å². The Balaban J connectivity index is 2.24. The second kappa shape index (κ2) is 8.22. The van der Waals surface area contributed by atoms with Gasteiger partial charge in [-0.15, -0.1) is 0 Å². The molecule has 0 spiro atoms. The van der Waals surface area contributed by atoms with E-state index < -0.39 is 10.0 Å². The first kappa shape index (κ1) is 21.1. The van der Waals surface area contributed by atoms with E-state index in [9.17, 15) is 13.2 Å². The molecule has 0 atom stereocenters. The minimum absolute atomic E-state index is 0.0515. The van der Waals surface area contributed by atoms with Crippen molar-refractivity contribution in [2.45, 2.75) is 52.4 Å². The summed E-state index contributed by atoms with van der Waals surface area (Å²) in [5.74, 6) is 0.341. The minimum atomic E-state index is -3.76. The van der Waals surface area contributed by atoms with Gasteiger partial charge in [0.25, 0.3) is 0 Å². The third-order valence-electron chi connectivity index (χ3n) is 4.41. The van der Waals surface area contributed by atoms with Crippen molar-refractivity contribution in [2.75, 3.05) is 18.0 Å². The average molecular weight is 394 g/mol. The molecule has 0 bridgehead atoms. The number of sulfonamides is 1. The lowest BCUT2D eigenvalue weighted by atomic mass is 9.97. The molecule has 0 aliphatic carbocycles. The van der Waals surface area contributed by atoms with E-state index >= 15 is 0 Å². The number of hydrogen-bond acceptors (Lipinski definition) is 5. The molecule has 0 radical (unpaired) electrons. The molecular weight excluding hydrogens is 366 g/mol. The van der Waals surface area contributed by atoms with Crippen LogP contribution in [0.15, 0.2) is 27.6 Å². The summed E-state index contributed by atoms with van der Waals surface area (Å²) in [6, 6.07) is 5.91. The maximum atomic E-state index is 12.6. The van der Waals surface area contributed by atoms with Crippen LogP contribution in [0, 0.1) is 20.8 Å². The van der Waals surface area contributed by atoms with Gasteiger partial charge in [-0.25, -0.2) is 13.1 Å². The van der Waals surface area contributed by atoms with E-state index in [0.29, 0.717) is 5.69 Å². The van der Waals surface area contributed by atoms with Gasteiger partial charge in [0, 0.05) is 20.0 Å². The van der Waals surface area contributed by atoms with Gasteiger partial charge >= 0.3 is 0 Å². The molecule has 2 rings (SSSR count). The fraction of sp³-hybridized carbons (Fsp3) is 0.474. The van der Waals surface area contributed by atoms with Gasteiger partial charge in [-0.05, 0) is 37.8 Å². The predicted octanol–water partition coefficient (Wildman–Crippen LogP) is 3.05. The van der Waals surface area contributed by atoms with Gasteiger partial charge in [0.15, 0.2) is 5.76 Å². The van der Waals surface area contributed by atoms with Gasteiger partial charge in [-0.1, -0.05) is 37.2 Å². The molecule has 0 unspecified atom stereocenters. The van der Waals surface area contributed by atoms with E-state index in [1.165, 1.54) is 6.92 Å². The first-order valence-electron chi connectivity index (χ1n) is 8.86. The van der Waals surface area contributed by atoms with Crippen molar-refractivity contribution in [3.05, 3.63) is 40.8 Å². The van der Waals surface area contributed by atoms with Crippen LogP contribution in [0.25, 0.3) is 0 Å². The van der Waals surface area contributed by atoms with Crippen molar-refractivity contribution in [3.8, 4) is 0 Å². The summed E-state index contributed by atoms with van der Waals surface area (Å²) < 4.78 is 32.6. The first-order chi connectivity index (χ1) is 12.6. The Morgan fingerprint density at radius 2 is 1.93 bits per heavy atom. The number of rotatable bonds is 7. The number of nitrogens with zero attached hydrogens (tertiary/aromatic N) is 2. The zero-order valence-electron chi connectivity index (χ0n) is 16.7. The molecule has 1 aromatic heterocycles. The highest BCUT2D eigenvalue weighted by Gasteiger charge is 2.25. The fourth-order valence-electron chi connectivity index (χ4n) is 3.17. The Labute approximate surface area is 160 Å². The molecule has 0 fully saturated rings. The van der Waals surface area contributed by atoms with Crippen LogP contribution in [0.1, 0.15) is 49.3 Å². The summed E-state index contributed by atoms with van der Waals surface area (Å²) in [4.78, 5) is 14.0. The molecule has 2 aromatic rings. The van der Waals surface area contributed by atoms with Crippen molar-refractivity contribution in [2.24, 2.45) is 0 Å². The van der Waals surface area contributed by atoms with Crippen molar-refractivity contribution >= 4 is 21.6 Å². The van der Waals surface area contributed by atoms with Crippen LogP contribution in [0.2, 0.25) is 0 Å². The first-order valence-corrected chi connectivity index (χ1v) is 10.3. The standard InChI is InChI=1S/C19H27N3O4S/c1-12(2)17-9-7-8-13(3)18(17)22(16(6)23)11-10-20-27(24,25)19-14(4)21-26-15(19)5/h7-9,12,20H,10-11H2,1-6H3. The van der Waals surface area contributed by atoms with Crippen LogP contribution in [-0.2, 0) is 14.8 Å². The predicted molar refractivity (Wildman–Crippen MR) is 104 cm³/mol. The van der Waals surface area contributed by atoms with Gasteiger partial charge in [0.1, 0.15) is 10.6 Å². The van der Waals surface area contributed by atoms with Gasteiger partial charge < -0.3 is 9.42 Å². The quantitative estimate of drug-likeness (QED) is 0.780. The summed E-state index contributed by atoms with van der Waals surface area (Å²) in [6.07, 6.45) is 0. The molecule has 8 heteroatoms. The molecule has 1 heterocycles. The number of anilines is 1. The normalized spacial score (nSPS) is 11.8. The number of amides is 1. The number of para-hydroxylation sites is 1. The Morgan fingerprint density at radius 1 is 1.26 bits per heavy atom. The smallest absolute Gasteiger partial charge is 0.246 e. The fourth-order valence-corrected chi connectivity index (χ4v) is 4.51. The van der Waals surface area contributed by atoms with Crippen LogP contribution < -0.4 is 9.62 Å². The van der Waals surface area contributed by atoms with Gasteiger partial charge in [0.2, 0.25) is 15.9 Å². The van der Waals surface area contributed by atoms with Gasteiger partial charge in [-0.2, -0.15) is 0 Å². The maximum Gasteiger partial charge on any atom is 0.246 e. The SMILES string of the molecule is CC(=O)N(CCNS(=O)(=O)c1c(C)noc1C)c1c(C)cccc1C(C)C. The number of carbonyl (C=O) groups is 1. The lowest BCUT2D eigenvalue weighted by Crippen LogP contribution is -2.38. The van der Waals surface area contributed by atoms with E-state index in [4.69, 9.17) is 4.52 Å². The van der Waals surface area contributed by atoms with E-state index in [2.05, 4.69) is 23.7 Å². The van der Waals surface area contributed by atoms with E-state index in [1.54, 1.807) is 18.7 Å². The van der Waals surface area contributed by atoms with Crippen molar-refractivity contribution in [1.82, 2.24) is 9.88 Å². The van der Waals surface area contributed by atoms with Crippen LogP contribution in [0.5, 0.6) is 0 Å².